The second kappa shape index (κ2) is 7.13. The van der Waals surface area contributed by atoms with E-state index in [2.05, 4.69) is 10.2 Å². The zero-order valence-electron chi connectivity index (χ0n) is 14.0. The topological polar surface area (TPSA) is 49.0 Å². The summed E-state index contributed by atoms with van der Waals surface area (Å²) in [5, 5.41) is 7.17. The summed E-state index contributed by atoms with van der Waals surface area (Å²) in [5.74, 6) is -0.0350. The Morgan fingerprint density at radius 1 is 1.08 bits per heavy atom. The number of amides is 1. The predicted molar refractivity (Wildman–Crippen MR) is 95.6 cm³/mol. The first-order valence-corrected chi connectivity index (χ1v) is 8.13. The molecule has 4 heteroatoms. The number of H-pyrrole nitrogens is 1. The van der Waals surface area contributed by atoms with Gasteiger partial charge in [-0.15, -0.1) is 0 Å². The fourth-order valence-corrected chi connectivity index (χ4v) is 2.60. The van der Waals surface area contributed by atoms with Gasteiger partial charge in [-0.1, -0.05) is 60.2 Å². The van der Waals surface area contributed by atoms with Crippen LogP contribution in [-0.2, 0) is 6.54 Å². The van der Waals surface area contributed by atoms with E-state index < -0.39 is 0 Å². The zero-order valence-corrected chi connectivity index (χ0v) is 14.0. The van der Waals surface area contributed by atoms with Gasteiger partial charge in [-0.05, 0) is 25.5 Å². The minimum absolute atomic E-state index is 0.0350. The molecule has 122 valence electrons. The van der Waals surface area contributed by atoms with E-state index in [-0.39, 0.29) is 5.91 Å². The van der Waals surface area contributed by atoms with Gasteiger partial charge in [-0.3, -0.25) is 9.89 Å². The van der Waals surface area contributed by atoms with Crippen molar-refractivity contribution in [2.75, 3.05) is 6.54 Å². The van der Waals surface area contributed by atoms with Crippen LogP contribution in [0.4, 0.5) is 0 Å². The number of carbonyl (C=O) groups is 1. The lowest BCUT2D eigenvalue weighted by Crippen LogP contribution is -2.30. The first-order chi connectivity index (χ1) is 11.7. The highest BCUT2D eigenvalue weighted by Gasteiger charge is 2.17. The molecule has 0 aliphatic heterocycles. The summed E-state index contributed by atoms with van der Waals surface area (Å²) < 4.78 is 0. The molecule has 1 aromatic heterocycles. The van der Waals surface area contributed by atoms with Gasteiger partial charge in [-0.25, -0.2) is 0 Å². The van der Waals surface area contributed by atoms with Crippen LogP contribution in [0, 0.1) is 6.92 Å². The first-order valence-electron chi connectivity index (χ1n) is 8.13. The highest BCUT2D eigenvalue weighted by molar-refractivity contribution is 5.93. The summed E-state index contributed by atoms with van der Waals surface area (Å²) in [6.45, 7) is 5.27. The third-order valence-electron chi connectivity index (χ3n) is 4.04. The van der Waals surface area contributed by atoms with Gasteiger partial charge in [0.05, 0.1) is 5.69 Å². The Hall–Kier alpha value is -2.88. The smallest absolute Gasteiger partial charge is 0.272 e. The maximum Gasteiger partial charge on any atom is 0.272 e. The van der Waals surface area contributed by atoms with Crippen LogP contribution in [0.25, 0.3) is 11.3 Å². The van der Waals surface area contributed by atoms with Crippen molar-refractivity contribution in [2.45, 2.75) is 20.4 Å². The molecule has 24 heavy (non-hydrogen) atoms. The van der Waals surface area contributed by atoms with Gasteiger partial charge >= 0.3 is 0 Å². The number of aromatic amines is 1. The summed E-state index contributed by atoms with van der Waals surface area (Å²) in [6.07, 6.45) is 0. The van der Waals surface area contributed by atoms with Crippen molar-refractivity contribution in [2.24, 2.45) is 0 Å². The molecule has 0 aliphatic carbocycles. The van der Waals surface area contributed by atoms with Crippen LogP contribution in [0.15, 0.2) is 60.7 Å². The Labute approximate surface area is 142 Å². The van der Waals surface area contributed by atoms with E-state index in [1.807, 2.05) is 79.4 Å². The monoisotopic (exact) mass is 319 g/mol. The van der Waals surface area contributed by atoms with Crippen LogP contribution >= 0.6 is 0 Å². The highest BCUT2D eigenvalue weighted by atomic mass is 16.2. The van der Waals surface area contributed by atoms with E-state index in [4.69, 9.17) is 0 Å². The largest absolute Gasteiger partial charge is 0.333 e. The Kier molecular flexibility index (Phi) is 4.75. The molecule has 0 fully saturated rings. The molecule has 2 aromatic carbocycles. The molecule has 3 rings (SSSR count). The van der Waals surface area contributed by atoms with Gasteiger partial charge in [0.1, 0.15) is 5.69 Å². The number of hydrogen-bond donors (Lipinski definition) is 1. The first kappa shape index (κ1) is 16.0. The zero-order chi connectivity index (χ0) is 16.9. The van der Waals surface area contributed by atoms with Crippen LogP contribution in [0.5, 0.6) is 0 Å². The average Bonchev–Trinajstić information content (AvgIpc) is 3.10. The molecule has 0 spiro atoms. The summed E-state index contributed by atoms with van der Waals surface area (Å²) in [7, 11) is 0. The van der Waals surface area contributed by atoms with Crippen molar-refractivity contribution in [1.29, 1.82) is 0 Å². The number of rotatable bonds is 5. The average molecular weight is 319 g/mol. The predicted octanol–water partition coefficient (Wildman–Crippen LogP) is 4.05. The van der Waals surface area contributed by atoms with Crippen LogP contribution in [0.2, 0.25) is 0 Å². The minimum Gasteiger partial charge on any atom is -0.333 e. The molecule has 0 unspecified atom stereocenters. The molecule has 0 aliphatic rings. The highest BCUT2D eigenvalue weighted by Crippen LogP contribution is 2.19. The number of benzene rings is 2. The fraction of sp³-hybridized carbons (Fsp3) is 0.200. The van der Waals surface area contributed by atoms with Gasteiger partial charge in [0.2, 0.25) is 0 Å². The fourth-order valence-electron chi connectivity index (χ4n) is 2.60. The van der Waals surface area contributed by atoms with E-state index in [9.17, 15) is 4.79 Å². The van der Waals surface area contributed by atoms with Crippen molar-refractivity contribution in [3.8, 4) is 11.3 Å². The Morgan fingerprint density at radius 3 is 2.46 bits per heavy atom. The number of aryl methyl sites for hydroxylation is 1. The maximum absolute atomic E-state index is 12.7. The minimum atomic E-state index is -0.0350. The lowest BCUT2D eigenvalue weighted by Gasteiger charge is -2.20. The lowest BCUT2D eigenvalue weighted by molar-refractivity contribution is 0.0746. The normalized spacial score (nSPS) is 10.6. The van der Waals surface area contributed by atoms with E-state index in [1.54, 1.807) is 0 Å². The van der Waals surface area contributed by atoms with Crippen LogP contribution in [0.3, 0.4) is 0 Å². The lowest BCUT2D eigenvalue weighted by atomic mass is 10.1. The number of nitrogens with one attached hydrogen (secondary N) is 1. The molecule has 0 bridgehead atoms. The van der Waals surface area contributed by atoms with Crippen LogP contribution in [-0.4, -0.2) is 27.5 Å². The van der Waals surface area contributed by atoms with Crippen molar-refractivity contribution < 1.29 is 4.79 Å². The van der Waals surface area contributed by atoms with E-state index in [0.29, 0.717) is 18.8 Å². The summed E-state index contributed by atoms with van der Waals surface area (Å²) in [4.78, 5) is 14.5. The standard InChI is InChI=1S/C20H21N3O/c1-3-23(14-16-7-5-4-6-8-16)20(24)19-13-18(21-22-19)17-11-9-15(2)10-12-17/h4-13H,3,14H2,1-2H3,(H,21,22). The van der Waals surface area contributed by atoms with Crippen molar-refractivity contribution in [3.63, 3.8) is 0 Å². The second-order valence-electron chi connectivity index (χ2n) is 5.84. The third-order valence-corrected chi connectivity index (χ3v) is 4.04. The van der Waals surface area contributed by atoms with Crippen molar-refractivity contribution in [3.05, 3.63) is 77.5 Å². The molecular weight excluding hydrogens is 298 g/mol. The molecule has 0 atom stereocenters. The summed E-state index contributed by atoms with van der Waals surface area (Å²) in [5.41, 5.74) is 4.62. The molecule has 0 saturated carbocycles. The van der Waals surface area contributed by atoms with Crippen LogP contribution in [0.1, 0.15) is 28.5 Å². The Morgan fingerprint density at radius 2 is 1.79 bits per heavy atom. The van der Waals surface area contributed by atoms with Gasteiger partial charge in [0.15, 0.2) is 0 Å². The number of aromatic nitrogens is 2. The molecule has 0 radical (unpaired) electrons. The van der Waals surface area contributed by atoms with E-state index in [0.717, 1.165) is 16.8 Å². The number of nitrogens with zero attached hydrogens (tertiary/aromatic N) is 2. The van der Waals surface area contributed by atoms with Crippen LogP contribution < -0.4 is 0 Å². The molecule has 1 amide bonds. The van der Waals surface area contributed by atoms with E-state index >= 15 is 0 Å². The van der Waals surface area contributed by atoms with Gasteiger partial charge in [0, 0.05) is 18.7 Å². The van der Waals surface area contributed by atoms with Crippen molar-refractivity contribution in [1.82, 2.24) is 15.1 Å². The number of carbonyl (C=O) groups excluding carboxylic acids is 1. The summed E-state index contributed by atoms with van der Waals surface area (Å²) in [6, 6.07) is 19.9. The summed E-state index contributed by atoms with van der Waals surface area (Å²) >= 11 is 0. The SMILES string of the molecule is CCN(Cc1ccccc1)C(=O)c1cc(-c2ccc(C)cc2)n[nH]1. The third kappa shape index (κ3) is 3.54. The molecule has 1 N–H and O–H groups in total. The molecule has 4 nitrogen and oxygen atoms in total. The molecule has 0 saturated heterocycles. The van der Waals surface area contributed by atoms with Gasteiger partial charge in [0.25, 0.3) is 5.91 Å². The molecule has 1 heterocycles. The quantitative estimate of drug-likeness (QED) is 0.771. The van der Waals surface area contributed by atoms with E-state index in [1.165, 1.54) is 5.56 Å². The molecular formula is C20H21N3O. The van der Waals surface area contributed by atoms with Gasteiger partial charge < -0.3 is 4.90 Å². The maximum atomic E-state index is 12.7. The molecule has 3 aromatic rings. The Balaban J connectivity index is 1.77. The van der Waals surface area contributed by atoms with Crippen molar-refractivity contribution >= 4 is 5.91 Å². The van der Waals surface area contributed by atoms with Gasteiger partial charge in [-0.2, -0.15) is 5.10 Å². The Bertz CT molecular complexity index is 806. The second-order valence-corrected chi connectivity index (χ2v) is 5.84. The number of hydrogen-bond acceptors (Lipinski definition) is 2.